The summed E-state index contributed by atoms with van der Waals surface area (Å²) in [7, 11) is 3.74. The van der Waals surface area contributed by atoms with E-state index in [1.54, 1.807) is 7.11 Å². The van der Waals surface area contributed by atoms with Crippen LogP contribution in [0.15, 0.2) is 42.6 Å². The zero-order valence-electron chi connectivity index (χ0n) is 16.8. The molecule has 0 N–H and O–H groups in total. The van der Waals surface area contributed by atoms with Gasteiger partial charge in [0.25, 0.3) is 0 Å². The molecule has 29 heavy (non-hydrogen) atoms. The molecule has 0 spiro atoms. The highest BCUT2D eigenvalue weighted by Crippen LogP contribution is 2.40. The summed E-state index contributed by atoms with van der Waals surface area (Å²) in [4.78, 5) is 0. The van der Waals surface area contributed by atoms with Crippen molar-refractivity contribution in [1.29, 1.82) is 0 Å². The van der Waals surface area contributed by atoms with Gasteiger partial charge in [-0.05, 0) is 49.6 Å². The lowest BCUT2D eigenvalue weighted by atomic mass is 10.00. The maximum absolute atomic E-state index is 6.00. The number of benzene rings is 3. The third-order valence-electron chi connectivity index (χ3n) is 5.16. The van der Waals surface area contributed by atoms with E-state index < -0.39 is 0 Å². The number of fused-ring (bicyclic) bond motifs is 6. The zero-order valence-corrected chi connectivity index (χ0v) is 17.5. The van der Waals surface area contributed by atoms with E-state index >= 15 is 0 Å². The van der Waals surface area contributed by atoms with Crippen molar-refractivity contribution in [3.8, 4) is 23.0 Å². The van der Waals surface area contributed by atoms with Crippen molar-refractivity contribution in [1.82, 2.24) is 0 Å². The van der Waals surface area contributed by atoms with Crippen molar-refractivity contribution in [2.45, 2.75) is 20.0 Å². The normalized spacial score (nSPS) is 12.6. The van der Waals surface area contributed by atoms with E-state index in [0.717, 1.165) is 55.4 Å². The number of ether oxygens (including phenoxy) is 4. The van der Waals surface area contributed by atoms with Gasteiger partial charge in [-0.3, -0.25) is 0 Å². The predicted octanol–water partition coefficient (Wildman–Crippen LogP) is 1.50. The molecule has 0 amide bonds. The Kier molecular flexibility index (Phi) is 4.79. The minimum atomic E-state index is 0. The Morgan fingerprint density at radius 1 is 0.897 bits per heavy atom. The van der Waals surface area contributed by atoms with E-state index in [2.05, 4.69) is 42.1 Å². The van der Waals surface area contributed by atoms with Gasteiger partial charge in [0.2, 0.25) is 12.3 Å². The summed E-state index contributed by atoms with van der Waals surface area (Å²) in [6, 6.07) is 12.5. The van der Waals surface area contributed by atoms with E-state index in [-0.39, 0.29) is 25.3 Å². The Balaban J connectivity index is 0.00000205. The molecule has 1 aliphatic heterocycles. The molecule has 0 aliphatic carbocycles. The van der Waals surface area contributed by atoms with Gasteiger partial charge >= 0.3 is 0 Å². The summed E-state index contributed by atoms with van der Waals surface area (Å²) in [5, 5.41) is 5.64. The molecule has 6 heteroatoms. The summed E-state index contributed by atoms with van der Waals surface area (Å²) in [6.07, 6.45) is 2.20. The van der Waals surface area contributed by atoms with Crippen LogP contribution in [0.1, 0.15) is 13.8 Å². The first-order chi connectivity index (χ1) is 13.5. The van der Waals surface area contributed by atoms with Gasteiger partial charge in [0.1, 0.15) is 7.05 Å². The van der Waals surface area contributed by atoms with Gasteiger partial charge in [-0.15, -0.1) is 0 Å². The maximum Gasteiger partial charge on any atom is 0.231 e. The summed E-state index contributed by atoms with van der Waals surface area (Å²) in [6.45, 7) is 4.31. The smallest absolute Gasteiger partial charge is 0.231 e. The van der Waals surface area contributed by atoms with Crippen LogP contribution < -0.4 is 35.9 Å². The summed E-state index contributed by atoms with van der Waals surface area (Å²) in [5.74, 6) is 3.09. The number of hydrogen-bond donors (Lipinski definition) is 0. The highest BCUT2D eigenvalue weighted by atomic mass is 35.5. The molecule has 1 aliphatic rings. The summed E-state index contributed by atoms with van der Waals surface area (Å²) < 4.78 is 24.9. The van der Waals surface area contributed by atoms with Crippen LogP contribution >= 0.6 is 0 Å². The fourth-order valence-electron chi connectivity index (χ4n) is 3.99. The lowest BCUT2D eigenvalue weighted by molar-refractivity contribution is -0.642. The van der Waals surface area contributed by atoms with E-state index in [1.165, 1.54) is 0 Å². The topological polar surface area (TPSA) is 40.8 Å². The number of aryl methyl sites for hydroxylation is 1. The standard InChI is InChI=1S/C23H22NO4.ClH/c1-13(2)28-22-9-17-15(8-19(22)25-4)11-24(3)23-16(17)6-5-14-7-20-21(10-18(14)23)27-12-26-20;/h5-11,13H,12H2,1-4H3;1H/q+1;/p-1. The van der Waals surface area contributed by atoms with Crippen molar-refractivity contribution in [2.75, 3.05) is 13.9 Å². The van der Waals surface area contributed by atoms with Gasteiger partial charge in [-0.1, -0.05) is 6.07 Å². The van der Waals surface area contributed by atoms with Gasteiger partial charge in [0, 0.05) is 5.39 Å². The molecule has 3 aromatic carbocycles. The lowest BCUT2D eigenvalue weighted by Gasteiger charge is -2.15. The molecule has 4 aromatic rings. The molecule has 0 saturated heterocycles. The first-order valence-corrected chi connectivity index (χ1v) is 9.38. The van der Waals surface area contributed by atoms with Crippen LogP contribution in [0.3, 0.4) is 0 Å². The van der Waals surface area contributed by atoms with Crippen LogP contribution in [0, 0.1) is 0 Å². The number of nitrogens with zero attached hydrogens (tertiary/aromatic N) is 1. The Hall–Kier alpha value is -2.92. The average Bonchev–Trinajstić information content (AvgIpc) is 3.12. The molecule has 0 atom stereocenters. The van der Waals surface area contributed by atoms with Crippen molar-refractivity contribution in [2.24, 2.45) is 7.05 Å². The number of aromatic nitrogens is 1. The number of methoxy groups -OCH3 is 1. The summed E-state index contributed by atoms with van der Waals surface area (Å²) in [5.41, 5.74) is 1.14. The minimum absolute atomic E-state index is 0. The molecule has 5 nitrogen and oxygen atoms in total. The van der Waals surface area contributed by atoms with Gasteiger partial charge in [-0.25, -0.2) is 0 Å². The van der Waals surface area contributed by atoms with Crippen LogP contribution in [0.5, 0.6) is 23.0 Å². The molecule has 5 rings (SSSR count). The molecule has 0 fully saturated rings. The predicted molar refractivity (Wildman–Crippen MR) is 109 cm³/mol. The van der Waals surface area contributed by atoms with Gasteiger partial charge in [-0.2, -0.15) is 4.57 Å². The van der Waals surface area contributed by atoms with Crippen molar-refractivity contribution < 1.29 is 35.9 Å². The zero-order chi connectivity index (χ0) is 19.4. The Morgan fingerprint density at radius 3 is 2.38 bits per heavy atom. The van der Waals surface area contributed by atoms with Crippen LogP contribution in [-0.4, -0.2) is 20.0 Å². The van der Waals surface area contributed by atoms with Gasteiger partial charge in [0.05, 0.1) is 29.4 Å². The number of pyridine rings is 1. The van der Waals surface area contributed by atoms with Crippen molar-refractivity contribution >= 4 is 32.4 Å². The molecular formula is C23H22ClNO4. The second-order valence-corrected chi connectivity index (χ2v) is 7.39. The van der Waals surface area contributed by atoms with Crippen LogP contribution in [0.2, 0.25) is 0 Å². The van der Waals surface area contributed by atoms with Gasteiger partial charge in [0.15, 0.2) is 29.2 Å². The SMILES string of the molecule is COc1cc2c[n+](C)c3c4cc5c(cc4ccc3c2cc1OC(C)C)OCO5.[Cl-]. The first-order valence-electron chi connectivity index (χ1n) is 9.38. The highest BCUT2D eigenvalue weighted by Gasteiger charge is 2.21. The van der Waals surface area contributed by atoms with Crippen molar-refractivity contribution in [3.05, 3.63) is 42.6 Å². The fourth-order valence-corrected chi connectivity index (χ4v) is 3.99. The van der Waals surface area contributed by atoms with E-state index in [9.17, 15) is 0 Å². The minimum Gasteiger partial charge on any atom is -1.00 e. The van der Waals surface area contributed by atoms with E-state index in [1.807, 2.05) is 26.0 Å². The van der Waals surface area contributed by atoms with E-state index in [0.29, 0.717) is 0 Å². The molecule has 150 valence electrons. The first kappa shape index (κ1) is 19.4. The van der Waals surface area contributed by atoms with Gasteiger partial charge < -0.3 is 31.4 Å². The third-order valence-corrected chi connectivity index (χ3v) is 5.16. The third kappa shape index (κ3) is 3.06. The Bertz CT molecular complexity index is 1250. The lowest BCUT2D eigenvalue weighted by Crippen LogP contribution is -3.00. The largest absolute Gasteiger partial charge is 1.00 e. The second kappa shape index (κ2) is 7.16. The second-order valence-electron chi connectivity index (χ2n) is 7.39. The maximum atomic E-state index is 6.00. The number of hydrogen-bond acceptors (Lipinski definition) is 4. The number of halogens is 1. The van der Waals surface area contributed by atoms with E-state index in [4.69, 9.17) is 18.9 Å². The molecule has 2 heterocycles. The van der Waals surface area contributed by atoms with Crippen molar-refractivity contribution in [3.63, 3.8) is 0 Å². The Labute approximate surface area is 175 Å². The molecule has 1 aromatic heterocycles. The quantitative estimate of drug-likeness (QED) is 0.378. The number of rotatable bonds is 3. The fraction of sp³-hybridized carbons (Fsp3) is 0.261. The molecule has 0 unspecified atom stereocenters. The van der Waals surface area contributed by atoms with Crippen LogP contribution in [0.4, 0.5) is 0 Å². The Morgan fingerprint density at radius 2 is 1.66 bits per heavy atom. The monoisotopic (exact) mass is 411 g/mol. The molecule has 0 saturated carbocycles. The van der Waals surface area contributed by atoms with Crippen LogP contribution in [0.25, 0.3) is 32.4 Å². The van der Waals surface area contributed by atoms with Crippen LogP contribution in [-0.2, 0) is 7.05 Å². The average molecular weight is 412 g/mol. The molecule has 0 bridgehead atoms. The molecular weight excluding hydrogens is 390 g/mol. The molecule has 0 radical (unpaired) electrons. The summed E-state index contributed by atoms with van der Waals surface area (Å²) >= 11 is 0. The highest BCUT2D eigenvalue weighted by molar-refractivity contribution is 6.14.